The van der Waals surface area contributed by atoms with Gasteiger partial charge in [-0.2, -0.15) is 0 Å². The van der Waals surface area contributed by atoms with Crippen molar-refractivity contribution in [3.8, 4) is 0 Å². The van der Waals surface area contributed by atoms with Crippen molar-refractivity contribution in [2.75, 3.05) is 4.90 Å². The standard InChI is InChI=1S/C79H98N2O/c1-5-55-29-33-58(34-30-55)60-35-45-76-72(50-60)73-51-61(36-46-77(73)81(76)64-24-14-9-15-25-64)71-47-54(4)78(48-53(71)3)80(65-26-18-21-59(49-65)57-19-10-7-11-20-57)66-39-44-70-69-27-16-17-28-74(69)79(75(70)52-66,62-22-12-8-13-23-62)63-37-42-68(43-38-63)82-67-40-31-56(6-2)32-41-67/h5-8,10,12,16-18,21,26-29,31,33,37,39-40,44,47-49,51,55-58,60,62,64,66-70,72,74-76H,1-2,9,11,13-15,19-20,22-25,30,32,34-36,38,41-43,45-46,50,52H2,3-4H3. The third-order valence-electron chi connectivity index (χ3n) is 24.1. The molecule has 2 aromatic rings. The molecule has 14 rings (SSSR count). The molecule has 16 atom stereocenters. The fourth-order valence-corrected chi connectivity index (χ4v) is 20.2. The lowest BCUT2D eigenvalue weighted by Gasteiger charge is -2.52. The summed E-state index contributed by atoms with van der Waals surface area (Å²) >= 11 is 0. The van der Waals surface area contributed by atoms with Gasteiger partial charge in [0.2, 0.25) is 0 Å². The summed E-state index contributed by atoms with van der Waals surface area (Å²) in [6.45, 7) is 13.2. The Balaban J connectivity index is 0.822. The summed E-state index contributed by atoms with van der Waals surface area (Å²) in [5.74, 6) is 6.51. The molecule has 430 valence electrons. The Labute approximate surface area is 495 Å². The molecule has 0 N–H and O–H groups in total. The summed E-state index contributed by atoms with van der Waals surface area (Å²) in [5.41, 5.74) is 15.6. The number of anilines is 2. The van der Waals surface area contributed by atoms with Crippen molar-refractivity contribution in [2.24, 2.45) is 64.6 Å². The maximum atomic E-state index is 6.96. The van der Waals surface area contributed by atoms with Gasteiger partial charge >= 0.3 is 0 Å². The van der Waals surface area contributed by atoms with Crippen LogP contribution in [-0.2, 0) is 4.74 Å². The lowest BCUT2D eigenvalue weighted by atomic mass is 9.53. The number of aryl methyl sites for hydroxylation is 2. The van der Waals surface area contributed by atoms with Gasteiger partial charge in [0.1, 0.15) is 0 Å². The van der Waals surface area contributed by atoms with Crippen LogP contribution in [0.25, 0.3) is 5.57 Å². The average Bonchev–Trinajstić information content (AvgIpc) is 2.47. The van der Waals surface area contributed by atoms with Gasteiger partial charge in [0.05, 0.1) is 18.2 Å². The van der Waals surface area contributed by atoms with E-state index in [0.29, 0.717) is 59.3 Å². The monoisotopic (exact) mass is 1090 g/mol. The van der Waals surface area contributed by atoms with E-state index < -0.39 is 0 Å². The van der Waals surface area contributed by atoms with Gasteiger partial charge in [0, 0.05) is 40.5 Å². The SMILES string of the molecule is C=CC1C=CC(OC2CC=C(C3(C4CC=CCC4)C4C=CC=CC4C4C=CC(N(c5cccc(C6CC=CCC6)c5)c5cc(C)c(C6=CC7=C(CC6)N(C6CCCCC6)C6CCC(C8C=CC(C=C)CC8)CC76)cc5C)CC43)CC2)CC1. The minimum Gasteiger partial charge on any atom is -0.371 e. The van der Waals surface area contributed by atoms with Crippen molar-refractivity contribution in [3.05, 3.63) is 198 Å². The Morgan fingerprint density at radius 2 is 1.50 bits per heavy atom. The van der Waals surface area contributed by atoms with Crippen molar-refractivity contribution in [3.63, 3.8) is 0 Å². The van der Waals surface area contributed by atoms with Crippen LogP contribution in [0.1, 0.15) is 182 Å². The summed E-state index contributed by atoms with van der Waals surface area (Å²) in [7, 11) is 0. The van der Waals surface area contributed by atoms with E-state index in [2.05, 4.69) is 183 Å². The molecule has 1 aliphatic heterocycles. The summed E-state index contributed by atoms with van der Waals surface area (Å²) < 4.78 is 6.96. The number of benzene rings is 2. The molecular formula is C79H98N2O. The van der Waals surface area contributed by atoms with Crippen LogP contribution in [0.2, 0.25) is 0 Å². The number of hydrogen-bond acceptors (Lipinski definition) is 3. The molecular weight excluding hydrogens is 993 g/mol. The maximum absolute atomic E-state index is 6.96. The normalized spacial score (nSPS) is 37.7. The highest BCUT2D eigenvalue weighted by molar-refractivity contribution is 5.78. The Morgan fingerprint density at radius 1 is 0.671 bits per heavy atom. The Kier molecular flexibility index (Phi) is 15.9. The Hall–Kier alpha value is -5.12. The molecule has 3 saturated carbocycles. The Bertz CT molecular complexity index is 3030. The summed E-state index contributed by atoms with van der Waals surface area (Å²) in [5, 5.41) is 0. The van der Waals surface area contributed by atoms with Gasteiger partial charge in [0.15, 0.2) is 0 Å². The van der Waals surface area contributed by atoms with E-state index >= 15 is 0 Å². The van der Waals surface area contributed by atoms with E-state index in [4.69, 9.17) is 4.74 Å². The second-order valence-electron chi connectivity index (χ2n) is 28.3. The molecule has 12 aliphatic rings. The quantitative estimate of drug-likeness (QED) is 0.186. The first-order chi connectivity index (χ1) is 40.4. The predicted octanol–water partition coefficient (Wildman–Crippen LogP) is 20.2. The van der Waals surface area contributed by atoms with Gasteiger partial charge in [-0.05, 0) is 266 Å². The minimum atomic E-state index is 0.0981. The number of ether oxygens (including phenoxy) is 1. The lowest BCUT2D eigenvalue weighted by molar-refractivity contribution is -0.00540. The van der Waals surface area contributed by atoms with Crippen LogP contribution in [0, 0.1) is 78.4 Å². The number of rotatable bonds is 13. The van der Waals surface area contributed by atoms with Crippen LogP contribution in [0.5, 0.6) is 0 Å². The molecule has 82 heavy (non-hydrogen) atoms. The molecule has 0 amide bonds. The Morgan fingerprint density at radius 3 is 2.26 bits per heavy atom. The van der Waals surface area contributed by atoms with Gasteiger partial charge < -0.3 is 14.5 Å². The van der Waals surface area contributed by atoms with E-state index in [1.54, 1.807) is 22.4 Å². The number of fused-ring (bicyclic) bond motifs is 5. The predicted molar refractivity (Wildman–Crippen MR) is 345 cm³/mol. The number of nitrogens with zero attached hydrogens (tertiary/aromatic N) is 2. The highest BCUT2D eigenvalue weighted by Crippen LogP contribution is 2.69. The summed E-state index contributed by atoms with van der Waals surface area (Å²) in [6.07, 6.45) is 75.7. The van der Waals surface area contributed by atoms with E-state index in [1.807, 2.05) is 0 Å². The van der Waals surface area contributed by atoms with Crippen LogP contribution in [0.3, 0.4) is 0 Å². The van der Waals surface area contributed by atoms with Gasteiger partial charge in [-0.25, -0.2) is 0 Å². The van der Waals surface area contributed by atoms with Crippen molar-refractivity contribution in [1.82, 2.24) is 4.90 Å². The van der Waals surface area contributed by atoms with Crippen LogP contribution in [-0.4, -0.2) is 35.2 Å². The molecule has 2 aromatic carbocycles. The van der Waals surface area contributed by atoms with Crippen molar-refractivity contribution < 1.29 is 4.74 Å². The molecule has 3 heteroatoms. The van der Waals surface area contributed by atoms with Gasteiger partial charge in [-0.1, -0.05) is 146 Å². The van der Waals surface area contributed by atoms with Gasteiger partial charge in [0.25, 0.3) is 0 Å². The van der Waals surface area contributed by atoms with Crippen LogP contribution < -0.4 is 4.90 Å². The second-order valence-corrected chi connectivity index (χ2v) is 28.3. The molecule has 0 radical (unpaired) electrons. The van der Waals surface area contributed by atoms with Crippen molar-refractivity contribution in [1.29, 1.82) is 0 Å². The fourth-order valence-electron chi connectivity index (χ4n) is 20.2. The molecule has 0 spiro atoms. The zero-order valence-electron chi connectivity index (χ0n) is 50.3. The topological polar surface area (TPSA) is 15.7 Å². The molecule has 3 fully saturated rings. The number of allylic oxidation sites excluding steroid dienone is 18. The zero-order valence-corrected chi connectivity index (χ0v) is 50.3. The first-order valence-corrected chi connectivity index (χ1v) is 33.9. The highest BCUT2D eigenvalue weighted by Gasteiger charge is 2.63. The van der Waals surface area contributed by atoms with E-state index in [1.165, 1.54) is 136 Å². The molecule has 0 bridgehead atoms. The van der Waals surface area contributed by atoms with Crippen molar-refractivity contribution in [2.45, 2.75) is 204 Å². The van der Waals surface area contributed by atoms with Crippen LogP contribution in [0.15, 0.2) is 176 Å². The fraction of sp³-hybridized carbons (Fsp3) is 0.544. The van der Waals surface area contributed by atoms with Crippen LogP contribution in [0.4, 0.5) is 11.4 Å². The average molecular weight is 1090 g/mol. The third kappa shape index (κ3) is 10.1. The number of hydrogen-bond donors (Lipinski definition) is 0. The zero-order chi connectivity index (χ0) is 55.3. The van der Waals surface area contributed by atoms with Crippen molar-refractivity contribution >= 4 is 16.9 Å². The first kappa shape index (κ1) is 54.8. The minimum absolute atomic E-state index is 0.0981. The molecule has 0 saturated heterocycles. The van der Waals surface area contributed by atoms with E-state index in [9.17, 15) is 0 Å². The molecule has 11 aliphatic carbocycles. The summed E-state index contributed by atoms with van der Waals surface area (Å²) in [6, 6.07) is 16.9. The largest absolute Gasteiger partial charge is 0.371 e. The van der Waals surface area contributed by atoms with E-state index in [0.717, 1.165) is 69.2 Å². The lowest BCUT2D eigenvalue weighted by Crippen LogP contribution is -2.47. The molecule has 16 unspecified atom stereocenters. The first-order valence-electron chi connectivity index (χ1n) is 33.9. The second kappa shape index (κ2) is 23.7. The smallest absolute Gasteiger partial charge is 0.0760 e. The van der Waals surface area contributed by atoms with Crippen LogP contribution >= 0.6 is 0 Å². The molecule has 0 aromatic heterocycles. The summed E-state index contributed by atoms with van der Waals surface area (Å²) in [4.78, 5) is 5.95. The van der Waals surface area contributed by atoms with E-state index in [-0.39, 0.29) is 23.7 Å². The highest BCUT2D eigenvalue weighted by atomic mass is 16.5. The molecule has 3 nitrogen and oxygen atoms in total. The maximum Gasteiger partial charge on any atom is 0.0760 e. The third-order valence-corrected chi connectivity index (χ3v) is 24.1. The van der Waals surface area contributed by atoms with Gasteiger partial charge in [-0.3, -0.25) is 0 Å². The van der Waals surface area contributed by atoms with Gasteiger partial charge in [-0.15, -0.1) is 13.2 Å². The molecule has 1 heterocycles.